The third-order valence-electron chi connectivity index (χ3n) is 24.5. The predicted octanol–water partition coefficient (Wildman–Crippen LogP) is 15.3. The van der Waals surface area contributed by atoms with Gasteiger partial charge < -0.3 is 73.4 Å². The summed E-state index contributed by atoms with van der Waals surface area (Å²) in [4.78, 5) is 168. The van der Waals surface area contributed by atoms with Crippen LogP contribution in [0.15, 0.2) is 235 Å². The molecule has 40 nitrogen and oxygen atoms in total. The molecule has 3 aliphatic rings. The number of ether oxygens (including phenoxy) is 4. The number of aromatic nitrogens is 18. The topological polar surface area (TPSA) is 487 Å². The number of nitrogens with zero attached hydrogens (tertiary/aromatic N) is 17. The van der Waals surface area contributed by atoms with Gasteiger partial charge in [-0.15, -0.1) is 0 Å². The van der Waals surface area contributed by atoms with E-state index in [2.05, 4.69) is 148 Å². The number of benzene rings is 4. The minimum absolute atomic E-state index is 0.000592. The number of morpholine rings is 2. The van der Waals surface area contributed by atoms with Crippen molar-refractivity contribution in [2.75, 3.05) is 113 Å². The van der Waals surface area contributed by atoms with Gasteiger partial charge in [0.1, 0.15) is 17.5 Å². The molecule has 40 heteroatoms. The summed E-state index contributed by atoms with van der Waals surface area (Å²) in [5.74, 6) is 0.792. The molecule has 3 saturated heterocycles. The second-order valence-corrected chi connectivity index (χ2v) is 34.3. The van der Waals surface area contributed by atoms with Gasteiger partial charge in [0, 0.05) is 166 Å². The van der Waals surface area contributed by atoms with Crippen LogP contribution in [0.25, 0.3) is 128 Å². The molecular formula is C105H110N28O12. The minimum atomic E-state index is -0.605. The van der Waals surface area contributed by atoms with Crippen molar-refractivity contribution in [3.63, 3.8) is 0 Å². The van der Waals surface area contributed by atoms with Crippen LogP contribution in [0.3, 0.4) is 0 Å². The Morgan fingerprint density at radius 1 is 0.490 bits per heavy atom. The molecule has 0 radical (unpaired) electrons. The zero-order chi connectivity index (χ0) is 101. The van der Waals surface area contributed by atoms with Crippen molar-refractivity contribution in [1.29, 1.82) is 0 Å². The predicted molar refractivity (Wildman–Crippen MR) is 553 cm³/mol. The molecule has 3 fully saturated rings. The number of hydrogen-bond donors (Lipinski definition) is 11. The molecule has 2 atom stereocenters. The van der Waals surface area contributed by atoms with Crippen LogP contribution in [0.2, 0.25) is 0 Å². The lowest BCUT2D eigenvalue weighted by Gasteiger charge is -2.26. The average molecular weight is 1960 g/mol. The first kappa shape index (κ1) is 99.2. The molecule has 8 amide bonds. The number of aryl methyl sites for hydroxylation is 2. The maximum Gasteiger partial charge on any atom is 0.413 e. The highest BCUT2D eigenvalue weighted by molar-refractivity contribution is 6.03. The van der Waals surface area contributed by atoms with Crippen LogP contribution >= 0.6 is 0 Å². The quantitative estimate of drug-likeness (QED) is 0.0253. The number of likely N-dealkylation sites (tertiary alicyclic amines) is 1. The number of nitrogens with one attached hydrogen (secondary N) is 11. The second kappa shape index (κ2) is 46.4. The Labute approximate surface area is 832 Å². The van der Waals surface area contributed by atoms with Crippen LogP contribution in [0, 0.1) is 6.92 Å². The van der Waals surface area contributed by atoms with E-state index in [4.69, 9.17) is 23.9 Å². The van der Waals surface area contributed by atoms with Gasteiger partial charge in [0.25, 0.3) is 22.9 Å². The van der Waals surface area contributed by atoms with Crippen molar-refractivity contribution < 1.29 is 47.7 Å². The maximum atomic E-state index is 13.3. The highest BCUT2D eigenvalue weighted by Gasteiger charge is 2.28. The van der Waals surface area contributed by atoms with Gasteiger partial charge in [0.2, 0.25) is 23.8 Å². The van der Waals surface area contributed by atoms with Gasteiger partial charge in [-0.1, -0.05) is 37.3 Å². The fraction of sp³-hybridized carbons (Fsp3) is 0.267. The lowest BCUT2D eigenvalue weighted by atomic mass is 9.99. The first-order valence-electron chi connectivity index (χ1n) is 47.9. The summed E-state index contributed by atoms with van der Waals surface area (Å²) in [5.41, 5.74) is 20.7. The first-order valence-corrected chi connectivity index (χ1v) is 47.9. The number of imidazole rings is 5. The number of likely N-dealkylation sites (N-methyl/N-ethyl adjacent to an activating group) is 1. The molecule has 0 saturated carbocycles. The van der Waals surface area contributed by atoms with E-state index >= 15 is 0 Å². The lowest BCUT2D eigenvalue weighted by molar-refractivity contribution is 0.0302. The standard InChI is InChI=1S/C28H33N7O2.C26H24N8O3.C26H27N7O4.C25H26N6O3/c1-4-29-28(37)33-27-31-24-15-20(14-22(26(24)32-27)23-10-6-7-11-30-23)19-13-18(3)35(25(36)16-19)17-21-9-8-12-34(21)5-2;1-3-37-26(36)33-25-31-21-13-17(12-18(23(21)32-25)20-9-5-7-11-28-20)34-14-22(29-15-34)24(35)30-16(2)19-8-4-6-10-27-19;1-3-27-26(36)31-25-29-21-13-18(16-6-7-32(2)22(34)14-16)12-19(23(21)30-25)20-5-4-17(15-28-20)24(35)33-8-10-37-11-9-33;1-2-34-25(32)30-24-28-22-14-18(13-20(23(22)29-24)21-5-3-4-8-26-21)17-6-7-19(27-15-17)16-31-9-11-33-12-10-31/h6-7,10-11,13-16,21H,4-5,8-9,12,17H2,1-3H3,(H3,29,31,32,33,37);4-16H,3H2,1-2H3,(H,30,35)(H2,31,32,33,36);4-7,12-15H,3,8-11H2,1-2H3,(H3,27,29,30,31,36);3-8,13-15H,2,9-12,16H2,1H3,(H2,28,29,30,32). The third-order valence-corrected chi connectivity index (χ3v) is 24.5. The van der Waals surface area contributed by atoms with E-state index in [1.165, 1.54) is 11.0 Å². The van der Waals surface area contributed by atoms with Crippen LogP contribution in [0.5, 0.6) is 0 Å². The zero-order valence-electron chi connectivity index (χ0n) is 81.2. The lowest BCUT2D eigenvalue weighted by Crippen LogP contribution is -2.40. The number of anilines is 4. The number of H-pyrrole nitrogens is 4. The Morgan fingerprint density at radius 2 is 0.993 bits per heavy atom. The number of amides is 8. The SMILES string of the molecule is CCNC(=O)Nc1nc2c(-c3ccc(C(=O)N4CCOCC4)cn3)cc(-c3ccn(C)c(=O)c3)cc2[nH]1.CCNC(=O)Nc1nc2c(-c3ccccn3)cc(-c3cc(C)n(CC4CCCN4CC)c(=O)c3)cc2[nH]1.CCOC(=O)Nc1nc2c(-c3ccccn3)cc(-c3ccc(CN4CCOCC4)nc3)cc2[nH]1.CCOC(=O)Nc1nc2c(-c3ccccn3)cc(-n3cnc(C(=O)NC(C)c4ccccn4)c3)cc2[nH]1. The molecule has 3 aliphatic heterocycles. The van der Waals surface area contributed by atoms with Crippen LogP contribution in [0.1, 0.15) is 98.4 Å². The van der Waals surface area contributed by atoms with Crippen LogP contribution < -0.4 is 48.3 Å². The number of pyridine rings is 8. The summed E-state index contributed by atoms with van der Waals surface area (Å²) in [6, 6.07) is 52.5. The molecule has 2 unspecified atom stereocenters. The maximum absolute atomic E-state index is 13.3. The zero-order valence-corrected chi connectivity index (χ0v) is 81.2. The summed E-state index contributed by atoms with van der Waals surface area (Å²) < 4.78 is 25.8. The molecule has 0 spiro atoms. The molecule has 0 bridgehead atoms. The normalized spacial score (nSPS) is 13.8. The second-order valence-electron chi connectivity index (χ2n) is 34.3. The van der Waals surface area contributed by atoms with Gasteiger partial charge >= 0.3 is 24.2 Å². The van der Waals surface area contributed by atoms with E-state index in [0.717, 1.165) is 148 Å². The van der Waals surface area contributed by atoms with Crippen molar-refractivity contribution in [3.05, 3.63) is 275 Å². The van der Waals surface area contributed by atoms with Crippen LogP contribution in [-0.2, 0) is 39.1 Å². The minimum Gasteiger partial charge on any atom is -0.450 e. The highest BCUT2D eigenvalue weighted by atomic mass is 16.6. The molecule has 4 aromatic carbocycles. The van der Waals surface area contributed by atoms with E-state index in [9.17, 15) is 38.4 Å². The first-order chi connectivity index (χ1) is 70.6. The molecule has 20 rings (SSSR count). The van der Waals surface area contributed by atoms with Crippen LogP contribution in [-0.4, -0.2) is 237 Å². The molecule has 17 aromatic rings. The van der Waals surface area contributed by atoms with Crippen molar-refractivity contribution >= 4 is 104 Å². The number of carbonyl (C=O) groups excluding carboxylic acids is 6. The fourth-order valence-corrected chi connectivity index (χ4v) is 17.3. The molecule has 16 heterocycles. The molecular weight excluding hydrogens is 1850 g/mol. The van der Waals surface area contributed by atoms with Gasteiger partial charge in [-0.25, -0.2) is 44.1 Å². The van der Waals surface area contributed by atoms with Crippen molar-refractivity contribution in [3.8, 4) is 84.1 Å². The Balaban J connectivity index is 0.000000132. The van der Waals surface area contributed by atoms with E-state index < -0.39 is 12.2 Å². The Morgan fingerprint density at radius 3 is 1.48 bits per heavy atom. The highest BCUT2D eigenvalue weighted by Crippen LogP contribution is 2.39. The van der Waals surface area contributed by atoms with E-state index in [1.54, 1.807) is 104 Å². The summed E-state index contributed by atoms with van der Waals surface area (Å²) >= 11 is 0. The van der Waals surface area contributed by atoms with E-state index in [1.807, 2.05) is 160 Å². The summed E-state index contributed by atoms with van der Waals surface area (Å²) in [5, 5.41) is 19.0. The molecule has 742 valence electrons. The van der Waals surface area contributed by atoms with Gasteiger partial charge in [-0.2, -0.15) is 0 Å². The van der Waals surface area contributed by atoms with Crippen LogP contribution in [0.4, 0.5) is 43.0 Å². The molecule has 0 aliphatic carbocycles. The Bertz CT molecular complexity index is 7590. The summed E-state index contributed by atoms with van der Waals surface area (Å²) in [6.07, 6.45) is 16.4. The molecule has 11 N–H and O–H groups in total. The summed E-state index contributed by atoms with van der Waals surface area (Å²) in [6.45, 7) is 23.9. The van der Waals surface area contributed by atoms with Crippen molar-refractivity contribution in [2.24, 2.45) is 7.05 Å². The van der Waals surface area contributed by atoms with Gasteiger partial charge in [0.05, 0.1) is 124 Å². The largest absolute Gasteiger partial charge is 0.450 e. The monoisotopic (exact) mass is 1950 g/mol. The molecule has 13 aromatic heterocycles. The van der Waals surface area contributed by atoms with Gasteiger partial charge in [0.15, 0.2) is 0 Å². The number of carbonyl (C=O) groups is 6. The fourth-order valence-electron chi connectivity index (χ4n) is 17.3. The Hall–Kier alpha value is -17.4. The number of hydrogen-bond acceptors (Lipinski definition) is 25. The Kier molecular flexibility index (Phi) is 31.7. The number of aromatic amines is 4. The van der Waals surface area contributed by atoms with E-state index in [0.29, 0.717) is 119 Å². The number of rotatable bonds is 25. The number of urea groups is 2. The smallest absolute Gasteiger partial charge is 0.413 e. The van der Waals surface area contributed by atoms with Gasteiger partial charge in [-0.3, -0.25) is 80.1 Å². The van der Waals surface area contributed by atoms with Crippen molar-refractivity contribution in [1.82, 2.24) is 119 Å². The van der Waals surface area contributed by atoms with E-state index in [-0.39, 0.29) is 71.8 Å². The van der Waals surface area contributed by atoms with Gasteiger partial charge in [-0.05, 0) is 223 Å². The van der Waals surface area contributed by atoms with Crippen molar-refractivity contribution in [2.45, 2.75) is 86.5 Å². The number of fused-ring (bicyclic) bond motifs is 4. The average Bonchev–Trinajstić information content (AvgIpc) is 1.70. The summed E-state index contributed by atoms with van der Waals surface area (Å²) in [7, 11) is 1.69. The molecule has 145 heavy (non-hydrogen) atoms. The third kappa shape index (κ3) is 24.3.